The Hall–Kier alpha value is -1.05. The van der Waals surface area contributed by atoms with Gasteiger partial charge in [0.25, 0.3) is 0 Å². The third-order valence-corrected chi connectivity index (χ3v) is 2.94. The summed E-state index contributed by atoms with van der Waals surface area (Å²) in [5, 5.41) is 0. The van der Waals surface area contributed by atoms with Crippen LogP contribution < -0.4 is 0 Å². The summed E-state index contributed by atoms with van der Waals surface area (Å²) in [6, 6.07) is 12.0. The minimum absolute atomic E-state index is 0.491. The summed E-state index contributed by atoms with van der Waals surface area (Å²) in [7, 11) is 0. The van der Waals surface area contributed by atoms with Crippen LogP contribution in [-0.2, 0) is 11.8 Å². The zero-order valence-corrected chi connectivity index (χ0v) is 10.2. The number of alkyl halides is 2. The summed E-state index contributed by atoms with van der Waals surface area (Å²) in [5.41, 5.74) is 4.15. The van der Waals surface area contributed by atoms with Crippen molar-refractivity contribution in [2.24, 2.45) is 0 Å². The maximum absolute atomic E-state index is 5.85. The van der Waals surface area contributed by atoms with Crippen LogP contribution in [0.3, 0.4) is 0 Å². The van der Waals surface area contributed by atoms with Crippen LogP contribution in [0.15, 0.2) is 42.6 Å². The average Bonchev–Trinajstić information content (AvgIpc) is 2.39. The molecule has 0 N–H and O–H groups in total. The molecule has 0 unspecified atom stereocenters. The first-order chi connectivity index (χ1) is 7.83. The topological polar surface area (TPSA) is 12.9 Å². The molecule has 1 aromatic heterocycles. The van der Waals surface area contributed by atoms with E-state index in [0.717, 1.165) is 22.4 Å². The van der Waals surface area contributed by atoms with Crippen molar-refractivity contribution in [1.82, 2.24) is 4.98 Å². The van der Waals surface area contributed by atoms with E-state index in [2.05, 4.69) is 4.98 Å². The molecule has 0 atom stereocenters. The molecule has 82 valence electrons. The summed E-state index contributed by atoms with van der Waals surface area (Å²) < 4.78 is 0. The zero-order chi connectivity index (χ0) is 11.4. The van der Waals surface area contributed by atoms with Crippen LogP contribution >= 0.6 is 23.2 Å². The van der Waals surface area contributed by atoms with E-state index in [1.807, 2.05) is 36.4 Å². The highest BCUT2D eigenvalue weighted by Crippen LogP contribution is 2.22. The van der Waals surface area contributed by atoms with Crippen molar-refractivity contribution in [3.05, 3.63) is 53.7 Å². The van der Waals surface area contributed by atoms with Crippen molar-refractivity contribution in [3.8, 4) is 11.3 Å². The van der Waals surface area contributed by atoms with E-state index in [1.165, 1.54) is 0 Å². The van der Waals surface area contributed by atoms with Crippen molar-refractivity contribution in [3.63, 3.8) is 0 Å². The van der Waals surface area contributed by atoms with Crippen LogP contribution in [0.1, 0.15) is 11.1 Å². The van der Waals surface area contributed by atoms with Gasteiger partial charge in [-0.05, 0) is 35.4 Å². The molecular weight excluding hydrogens is 241 g/mol. The van der Waals surface area contributed by atoms with Gasteiger partial charge in [-0.25, -0.2) is 0 Å². The van der Waals surface area contributed by atoms with E-state index in [4.69, 9.17) is 23.2 Å². The summed E-state index contributed by atoms with van der Waals surface area (Å²) in [6.07, 6.45) is 1.78. The first-order valence-corrected chi connectivity index (χ1v) is 6.06. The summed E-state index contributed by atoms with van der Waals surface area (Å²) >= 11 is 11.7. The highest BCUT2D eigenvalue weighted by molar-refractivity contribution is 6.17. The lowest BCUT2D eigenvalue weighted by Crippen LogP contribution is -1.88. The second-order valence-electron chi connectivity index (χ2n) is 3.52. The van der Waals surface area contributed by atoms with Crippen molar-refractivity contribution in [2.45, 2.75) is 11.8 Å². The standard InChI is InChI=1S/C13H11Cl2N/c14-8-10-5-11(9-15)7-12(6-10)13-3-1-2-4-16-13/h1-7H,8-9H2. The summed E-state index contributed by atoms with van der Waals surface area (Å²) in [6.45, 7) is 0. The Bertz CT molecular complexity index is 446. The van der Waals surface area contributed by atoms with Gasteiger partial charge in [0.15, 0.2) is 0 Å². The molecule has 0 fully saturated rings. The van der Waals surface area contributed by atoms with Gasteiger partial charge in [0.1, 0.15) is 0 Å². The van der Waals surface area contributed by atoms with Crippen LogP contribution in [0, 0.1) is 0 Å². The predicted octanol–water partition coefficient (Wildman–Crippen LogP) is 4.23. The van der Waals surface area contributed by atoms with Crippen LogP contribution in [0.2, 0.25) is 0 Å². The lowest BCUT2D eigenvalue weighted by atomic mass is 10.0. The molecule has 0 saturated heterocycles. The Kier molecular flexibility index (Phi) is 3.81. The first kappa shape index (κ1) is 11.4. The van der Waals surface area contributed by atoms with Crippen LogP contribution in [-0.4, -0.2) is 4.98 Å². The highest BCUT2D eigenvalue weighted by atomic mass is 35.5. The quantitative estimate of drug-likeness (QED) is 0.745. The molecule has 1 nitrogen and oxygen atoms in total. The molecule has 0 saturated carbocycles. The van der Waals surface area contributed by atoms with Crippen molar-refractivity contribution in [1.29, 1.82) is 0 Å². The molecule has 3 heteroatoms. The number of aromatic nitrogens is 1. The number of halogens is 2. The smallest absolute Gasteiger partial charge is 0.0702 e. The van der Waals surface area contributed by atoms with E-state index < -0.39 is 0 Å². The second kappa shape index (κ2) is 5.33. The Morgan fingerprint density at radius 3 is 2.12 bits per heavy atom. The number of rotatable bonds is 3. The van der Waals surface area contributed by atoms with Crippen LogP contribution in [0.5, 0.6) is 0 Å². The van der Waals surface area contributed by atoms with E-state index in [9.17, 15) is 0 Å². The lowest BCUT2D eigenvalue weighted by Gasteiger charge is -2.06. The van der Waals surface area contributed by atoms with Gasteiger partial charge in [-0.1, -0.05) is 12.1 Å². The van der Waals surface area contributed by atoms with Gasteiger partial charge < -0.3 is 0 Å². The minimum Gasteiger partial charge on any atom is -0.256 e. The fraction of sp³-hybridized carbons (Fsp3) is 0.154. The number of hydrogen-bond donors (Lipinski definition) is 0. The Morgan fingerprint density at radius 2 is 1.62 bits per heavy atom. The van der Waals surface area contributed by atoms with Gasteiger partial charge in [0.05, 0.1) is 5.69 Å². The second-order valence-corrected chi connectivity index (χ2v) is 4.05. The third kappa shape index (κ3) is 2.55. The van der Waals surface area contributed by atoms with E-state index in [0.29, 0.717) is 11.8 Å². The molecule has 0 aliphatic heterocycles. The molecule has 2 aromatic rings. The molecule has 0 bridgehead atoms. The van der Waals surface area contributed by atoms with E-state index >= 15 is 0 Å². The van der Waals surface area contributed by atoms with Gasteiger partial charge in [-0.3, -0.25) is 4.98 Å². The Morgan fingerprint density at radius 1 is 0.938 bits per heavy atom. The molecule has 0 aliphatic carbocycles. The molecular formula is C13H11Cl2N. The van der Waals surface area contributed by atoms with Gasteiger partial charge in [-0.15, -0.1) is 23.2 Å². The first-order valence-electron chi connectivity index (χ1n) is 4.99. The molecule has 2 rings (SSSR count). The van der Waals surface area contributed by atoms with Crippen molar-refractivity contribution in [2.75, 3.05) is 0 Å². The summed E-state index contributed by atoms with van der Waals surface area (Å²) in [5.74, 6) is 0.981. The Labute approximate surface area is 105 Å². The number of benzene rings is 1. The summed E-state index contributed by atoms with van der Waals surface area (Å²) in [4.78, 5) is 4.31. The fourth-order valence-electron chi connectivity index (χ4n) is 1.60. The lowest BCUT2D eigenvalue weighted by molar-refractivity contribution is 1.28. The third-order valence-electron chi connectivity index (χ3n) is 2.32. The number of pyridine rings is 1. The maximum atomic E-state index is 5.85. The highest BCUT2D eigenvalue weighted by Gasteiger charge is 2.03. The molecule has 16 heavy (non-hydrogen) atoms. The molecule has 1 aromatic carbocycles. The fourth-order valence-corrected chi connectivity index (χ4v) is 1.91. The number of hydrogen-bond acceptors (Lipinski definition) is 1. The largest absolute Gasteiger partial charge is 0.256 e. The SMILES string of the molecule is ClCc1cc(CCl)cc(-c2ccccn2)c1. The van der Waals surface area contributed by atoms with Gasteiger partial charge in [-0.2, -0.15) is 0 Å². The minimum atomic E-state index is 0.491. The normalized spacial score (nSPS) is 10.4. The molecule has 0 spiro atoms. The molecule has 1 heterocycles. The van der Waals surface area contributed by atoms with Gasteiger partial charge in [0, 0.05) is 23.5 Å². The van der Waals surface area contributed by atoms with Crippen LogP contribution in [0.4, 0.5) is 0 Å². The van der Waals surface area contributed by atoms with Crippen molar-refractivity contribution < 1.29 is 0 Å². The van der Waals surface area contributed by atoms with Gasteiger partial charge in [0.2, 0.25) is 0 Å². The number of nitrogens with zero attached hydrogens (tertiary/aromatic N) is 1. The molecule has 0 radical (unpaired) electrons. The Balaban J connectivity index is 2.48. The molecule has 0 amide bonds. The average molecular weight is 252 g/mol. The van der Waals surface area contributed by atoms with E-state index in [1.54, 1.807) is 6.20 Å². The van der Waals surface area contributed by atoms with Crippen LogP contribution in [0.25, 0.3) is 11.3 Å². The monoisotopic (exact) mass is 251 g/mol. The molecule has 0 aliphatic rings. The maximum Gasteiger partial charge on any atom is 0.0702 e. The zero-order valence-electron chi connectivity index (χ0n) is 8.66. The van der Waals surface area contributed by atoms with Gasteiger partial charge >= 0.3 is 0 Å². The van der Waals surface area contributed by atoms with E-state index in [-0.39, 0.29) is 0 Å². The van der Waals surface area contributed by atoms with Crippen molar-refractivity contribution >= 4 is 23.2 Å². The predicted molar refractivity (Wildman–Crippen MR) is 68.8 cm³/mol.